The van der Waals surface area contributed by atoms with Gasteiger partial charge in [-0.1, -0.05) is 0 Å². The first-order valence-electron chi connectivity index (χ1n) is 1.60. The first-order chi connectivity index (χ1) is 3.46. The molecular weight excluding hydrogens is 679 g/mol. The zero-order chi connectivity index (χ0) is 7.15. The zero-order valence-corrected chi connectivity index (χ0v) is 22.9. The van der Waals surface area contributed by atoms with E-state index in [9.17, 15) is 0 Å². The van der Waals surface area contributed by atoms with Gasteiger partial charge in [-0.25, -0.2) is 0 Å². The number of halogens is 6. The van der Waals surface area contributed by atoms with Crippen molar-refractivity contribution in [2.45, 2.75) is 0 Å². The number of hydrogen-bond acceptors (Lipinski definition) is 0. The summed E-state index contributed by atoms with van der Waals surface area (Å²) in [6.45, 7) is 0. The van der Waals surface area contributed by atoms with E-state index in [1.165, 1.54) is 0 Å². The summed E-state index contributed by atoms with van der Waals surface area (Å²) in [4.78, 5) is 0. The molecule has 9 heavy (non-hydrogen) atoms. The van der Waals surface area contributed by atoms with Crippen LogP contribution in [0, 0.1) is 0 Å². The van der Waals surface area contributed by atoms with Crippen molar-refractivity contribution in [1.82, 2.24) is 0 Å². The Hall–Kier alpha value is 4.23. The SMILES string of the molecule is [Cl][Hg-]([Cl])[Cl].[Cl][Hg-]([Cl])[Cl].[Zn+2]. The van der Waals surface area contributed by atoms with Gasteiger partial charge in [0, 0.05) is 0 Å². The molecule has 0 heterocycles. The van der Waals surface area contributed by atoms with Crippen molar-refractivity contribution >= 4 is 49.5 Å². The van der Waals surface area contributed by atoms with Crippen molar-refractivity contribution < 1.29 is 58.1 Å². The van der Waals surface area contributed by atoms with Gasteiger partial charge in [0.1, 0.15) is 0 Å². The van der Waals surface area contributed by atoms with Gasteiger partial charge >= 0.3 is 108 Å². The second kappa shape index (κ2) is 14.7. The fraction of sp³-hybridized carbons (Fsp3) is 0. The van der Waals surface area contributed by atoms with Crippen molar-refractivity contribution in [1.29, 1.82) is 0 Å². The number of hydrogen-bond donors (Lipinski definition) is 0. The van der Waals surface area contributed by atoms with Crippen molar-refractivity contribution in [3.8, 4) is 0 Å². The van der Waals surface area contributed by atoms with E-state index in [-0.39, 0.29) is 19.5 Å². The topological polar surface area (TPSA) is 0 Å². The summed E-state index contributed by atoms with van der Waals surface area (Å²) in [6.07, 6.45) is 0. The van der Waals surface area contributed by atoms with Crippen LogP contribution < -0.4 is 0 Å². The van der Waals surface area contributed by atoms with Gasteiger partial charge in [0.25, 0.3) is 0 Å². The largest absolute Gasteiger partial charge is 2.00 e. The van der Waals surface area contributed by atoms with Crippen molar-refractivity contribution in [3.05, 3.63) is 0 Å². The molecule has 0 saturated heterocycles. The van der Waals surface area contributed by atoms with E-state index in [0.29, 0.717) is 0 Å². The van der Waals surface area contributed by atoms with Crippen LogP contribution in [0.2, 0.25) is 0 Å². The predicted octanol–water partition coefficient (Wildman–Crippen LogP) is 4.13. The molecule has 0 rings (SSSR count). The first-order valence-corrected chi connectivity index (χ1v) is 42.2. The van der Waals surface area contributed by atoms with Gasteiger partial charge in [0.05, 0.1) is 0 Å². The van der Waals surface area contributed by atoms with Gasteiger partial charge in [0.2, 0.25) is 0 Å². The Labute approximate surface area is 105 Å². The third kappa shape index (κ3) is 71.5. The zero-order valence-electron chi connectivity index (χ0n) is 4.39. The molecule has 0 aliphatic heterocycles. The van der Waals surface area contributed by atoms with Crippen LogP contribution in [0.15, 0.2) is 0 Å². The minimum absolute atomic E-state index is 0. The van der Waals surface area contributed by atoms with Gasteiger partial charge in [-0.15, -0.1) is 0 Å². The Kier molecular flexibility index (Phi) is 31.0. The van der Waals surface area contributed by atoms with Gasteiger partial charge in [0.15, 0.2) is 0 Å². The summed E-state index contributed by atoms with van der Waals surface area (Å²) < 4.78 is 0. The molecule has 0 fully saturated rings. The molecule has 0 amide bonds. The van der Waals surface area contributed by atoms with Crippen molar-refractivity contribution in [2.75, 3.05) is 0 Å². The molecule has 0 aromatic heterocycles. The Morgan fingerprint density at radius 2 is 0.556 bits per heavy atom. The molecule has 0 saturated carbocycles. The standard InChI is InChI=1S/6ClH.2Hg.Zn/h6*1H;;;/q;;;;;;3*+2/p-6. The summed E-state index contributed by atoms with van der Waals surface area (Å²) in [5, 5.41) is 0. The summed E-state index contributed by atoms with van der Waals surface area (Å²) in [7, 11) is 30.2. The molecule has 0 unspecified atom stereocenters. The fourth-order valence-electron chi connectivity index (χ4n) is 0. The van der Waals surface area contributed by atoms with Crippen LogP contribution in [0.5, 0.6) is 0 Å². The first kappa shape index (κ1) is 18.9. The van der Waals surface area contributed by atoms with E-state index in [0.717, 1.165) is 0 Å². The van der Waals surface area contributed by atoms with Gasteiger partial charge in [-0.3, -0.25) is 0 Å². The van der Waals surface area contributed by atoms with Crippen LogP contribution in [-0.4, -0.2) is 0 Å². The van der Waals surface area contributed by atoms with Crippen LogP contribution in [0.25, 0.3) is 0 Å². The van der Waals surface area contributed by atoms with Gasteiger partial charge < -0.3 is 0 Å². The van der Waals surface area contributed by atoms with E-state index >= 15 is 0 Å². The van der Waals surface area contributed by atoms with E-state index in [1.54, 1.807) is 0 Å². The smallest absolute Gasteiger partial charge is 2.00 e. The van der Waals surface area contributed by atoms with E-state index < -0.39 is 38.6 Å². The van der Waals surface area contributed by atoms with Crippen LogP contribution >= 0.6 is 49.5 Å². The summed E-state index contributed by atoms with van der Waals surface area (Å²) >= 11 is -4.74. The van der Waals surface area contributed by atoms with Crippen LogP contribution in [0.1, 0.15) is 0 Å². The minimum Gasteiger partial charge on any atom is 2.00 e. The Morgan fingerprint density at radius 1 is 0.556 bits per heavy atom. The second-order valence-electron chi connectivity index (χ2n) is 0.606. The van der Waals surface area contributed by atoms with E-state index in [2.05, 4.69) is 0 Å². The van der Waals surface area contributed by atoms with Crippen LogP contribution in [0.4, 0.5) is 0 Å². The molecule has 9 heteroatoms. The van der Waals surface area contributed by atoms with Crippen LogP contribution in [0.3, 0.4) is 0 Å². The Bertz CT molecular complexity index is 26.5. The molecule has 0 aliphatic rings. The molecule has 0 radical (unpaired) electrons. The predicted molar refractivity (Wildman–Crippen MR) is 35.1 cm³/mol. The third-order valence-corrected chi connectivity index (χ3v) is 0. The van der Waals surface area contributed by atoms with Crippen LogP contribution in [-0.2, 0) is 58.1 Å². The fourth-order valence-corrected chi connectivity index (χ4v) is 0. The van der Waals surface area contributed by atoms with E-state index in [4.69, 9.17) is 49.5 Å². The van der Waals surface area contributed by atoms with E-state index in [1.807, 2.05) is 0 Å². The molecule has 0 aromatic rings. The molecule has 0 bridgehead atoms. The molecular formula is Cl6Hg2Zn. The van der Waals surface area contributed by atoms with Crippen molar-refractivity contribution in [3.63, 3.8) is 0 Å². The Balaban J connectivity index is -0.0000000720. The molecule has 0 aromatic carbocycles. The second-order valence-corrected chi connectivity index (χ2v) is 47.9. The normalized spacial score (nSPS) is 6.00. The summed E-state index contributed by atoms with van der Waals surface area (Å²) in [6, 6.07) is 0. The quantitative estimate of drug-likeness (QED) is 0.339. The van der Waals surface area contributed by atoms with Gasteiger partial charge in [-0.2, -0.15) is 0 Å². The Morgan fingerprint density at radius 3 is 0.556 bits per heavy atom. The average molecular weight is 679 g/mol. The average Bonchev–Trinajstić information content (AvgIpc) is 1.25. The summed E-state index contributed by atoms with van der Waals surface area (Å²) in [5.74, 6) is 0. The molecule has 0 atom stereocenters. The number of rotatable bonds is 0. The molecule has 0 aliphatic carbocycles. The molecule has 0 spiro atoms. The van der Waals surface area contributed by atoms with Gasteiger partial charge in [-0.05, 0) is 0 Å². The summed E-state index contributed by atoms with van der Waals surface area (Å²) in [5.41, 5.74) is 0. The molecule has 0 N–H and O–H groups in total. The maximum atomic E-state index is 5.04. The third-order valence-electron chi connectivity index (χ3n) is 0. The molecule has 48 valence electrons. The minimum atomic E-state index is -2.37. The maximum Gasteiger partial charge on any atom is 2.00 e. The monoisotopic (exact) mass is 678 g/mol. The molecule has 0 nitrogen and oxygen atoms in total. The van der Waals surface area contributed by atoms with Crippen molar-refractivity contribution in [2.24, 2.45) is 0 Å². The maximum absolute atomic E-state index is 5.04.